The molecule has 1 fully saturated rings. The maximum Gasteiger partial charge on any atom is 0.308 e. The third kappa shape index (κ3) is 3.37. The van der Waals surface area contributed by atoms with E-state index in [1.165, 1.54) is 11.3 Å². The number of carboxylic acid groups (broad SMARTS) is 1. The van der Waals surface area contributed by atoms with E-state index in [1.54, 1.807) is 29.2 Å². The maximum absolute atomic E-state index is 12.5. The van der Waals surface area contributed by atoms with Gasteiger partial charge in [0.05, 0.1) is 15.1 Å². The van der Waals surface area contributed by atoms with Crippen LogP contribution in [0.25, 0.3) is 0 Å². The van der Waals surface area contributed by atoms with Crippen molar-refractivity contribution in [3.63, 3.8) is 0 Å². The van der Waals surface area contributed by atoms with Crippen molar-refractivity contribution in [3.8, 4) is 0 Å². The van der Waals surface area contributed by atoms with E-state index in [-0.39, 0.29) is 18.4 Å². The molecule has 2 aromatic rings. The van der Waals surface area contributed by atoms with Gasteiger partial charge in [-0.1, -0.05) is 35.3 Å². The molecule has 7 heteroatoms. The zero-order chi connectivity index (χ0) is 16.6. The molecule has 1 amide bonds. The first-order valence-corrected chi connectivity index (χ1v) is 8.56. The Balaban J connectivity index is 1.85. The number of hydrogen-bond donors (Lipinski definition) is 1. The van der Waals surface area contributed by atoms with Gasteiger partial charge >= 0.3 is 5.97 Å². The van der Waals surface area contributed by atoms with Gasteiger partial charge in [0.25, 0.3) is 5.91 Å². The van der Waals surface area contributed by atoms with Gasteiger partial charge in [-0.3, -0.25) is 9.59 Å². The van der Waals surface area contributed by atoms with E-state index in [0.29, 0.717) is 20.8 Å². The van der Waals surface area contributed by atoms with Crippen LogP contribution in [0, 0.1) is 5.92 Å². The van der Waals surface area contributed by atoms with Crippen LogP contribution < -0.4 is 0 Å². The number of aliphatic carboxylic acids is 1. The molecule has 23 heavy (non-hydrogen) atoms. The Morgan fingerprint density at radius 1 is 1.09 bits per heavy atom. The molecule has 2 atom stereocenters. The normalized spacial score (nSPS) is 20.7. The lowest BCUT2D eigenvalue weighted by molar-refractivity contribution is -0.141. The topological polar surface area (TPSA) is 57.6 Å². The van der Waals surface area contributed by atoms with Gasteiger partial charge in [-0.05, 0) is 29.8 Å². The van der Waals surface area contributed by atoms with Gasteiger partial charge in [0.2, 0.25) is 0 Å². The zero-order valence-corrected chi connectivity index (χ0v) is 14.2. The second-order valence-electron chi connectivity index (χ2n) is 5.42. The Labute approximate surface area is 147 Å². The van der Waals surface area contributed by atoms with E-state index >= 15 is 0 Å². The molecule has 0 bridgehead atoms. The molecule has 2 heterocycles. The molecule has 1 aliphatic heterocycles. The number of nitrogens with zero attached hydrogens (tertiary/aromatic N) is 1. The summed E-state index contributed by atoms with van der Waals surface area (Å²) in [5, 5.41) is 10.1. The van der Waals surface area contributed by atoms with Gasteiger partial charge in [-0.25, -0.2) is 0 Å². The number of amides is 1. The number of carboxylic acids is 1. The third-order valence-electron chi connectivity index (χ3n) is 4.01. The van der Waals surface area contributed by atoms with E-state index in [4.69, 9.17) is 23.2 Å². The van der Waals surface area contributed by atoms with Gasteiger partial charge in [-0.2, -0.15) is 0 Å². The molecule has 1 aromatic heterocycles. The van der Waals surface area contributed by atoms with Gasteiger partial charge in [0.1, 0.15) is 0 Å². The standard InChI is InChI=1S/C16H13Cl2NO3S/c17-10-3-1-9(2-4-10)11-7-19(8-12(11)16(21)22)15(20)13-5-6-14(18)23-13/h1-6,11-12H,7-8H2,(H,21,22)/t11-,12+/m0/s1. The minimum absolute atomic E-state index is 0.176. The molecule has 0 radical (unpaired) electrons. The highest BCUT2D eigenvalue weighted by atomic mass is 35.5. The number of likely N-dealkylation sites (tertiary alicyclic amines) is 1. The summed E-state index contributed by atoms with van der Waals surface area (Å²) in [7, 11) is 0. The van der Waals surface area contributed by atoms with E-state index < -0.39 is 11.9 Å². The average Bonchev–Trinajstić information content (AvgIpc) is 3.14. The predicted molar refractivity (Wildman–Crippen MR) is 90.6 cm³/mol. The SMILES string of the molecule is O=C(O)[C@@H]1CN(C(=O)c2ccc(Cl)s2)C[C@H]1c1ccc(Cl)cc1. The summed E-state index contributed by atoms with van der Waals surface area (Å²) in [6.07, 6.45) is 0. The first kappa shape index (κ1) is 16.3. The zero-order valence-electron chi connectivity index (χ0n) is 11.9. The third-order valence-corrected chi connectivity index (χ3v) is 5.48. The van der Waals surface area contributed by atoms with E-state index in [9.17, 15) is 14.7 Å². The van der Waals surface area contributed by atoms with Crippen LogP contribution in [0.2, 0.25) is 9.36 Å². The van der Waals surface area contributed by atoms with Crippen LogP contribution in [0.1, 0.15) is 21.2 Å². The Morgan fingerprint density at radius 2 is 1.78 bits per heavy atom. The molecular formula is C16H13Cl2NO3S. The van der Waals surface area contributed by atoms with Crippen molar-refractivity contribution in [1.29, 1.82) is 0 Å². The number of rotatable bonds is 3. The van der Waals surface area contributed by atoms with Crippen LogP contribution in [0.5, 0.6) is 0 Å². The first-order chi connectivity index (χ1) is 11.0. The highest BCUT2D eigenvalue weighted by Crippen LogP contribution is 2.35. The molecule has 1 saturated heterocycles. The largest absolute Gasteiger partial charge is 0.481 e. The number of carbonyl (C=O) groups excluding carboxylic acids is 1. The van der Waals surface area contributed by atoms with Crippen molar-refractivity contribution in [1.82, 2.24) is 4.90 Å². The Kier molecular flexibility index (Phi) is 4.62. The lowest BCUT2D eigenvalue weighted by atomic mass is 9.89. The molecule has 0 saturated carbocycles. The number of halogens is 2. The molecule has 1 aliphatic rings. The maximum atomic E-state index is 12.5. The summed E-state index contributed by atoms with van der Waals surface area (Å²) < 4.78 is 0.539. The van der Waals surface area contributed by atoms with Crippen LogP contribution in [0.3, 0.4) is 0 Å². The molecule has 1 aromatic carbocycles. The summed E-state index contributed by atoms with van der Waals surface area (Å²) in [6, 6.07) is 10.4. The van der Waals surface area contributed by atoms with Crippen molar-refractivity contribution in [2.24, 2.45) is 5.92 Å². The quantitative estimate of drug-likeness (QED) is 0.889. The van der Waals surface area contributed by atoms with Gasteiger partial charge in [-0.15, -0.1) is 11.3 Å². The summed E-state index contributed by atoms with van der Waals surface area (Å²) in [5.74, 6) is -1.95. The van der Waals surface area contributed by atoms with Crippen molar-refractivity contribution < 1.29 is 14.7 Å². The van der Waals surface area contributed by atoms with E-state index in [0.717, 1.165) is 5.56 Å². The molecule has 1 N–H and O–H groups in total. The first-order valence-electron chi connectivity index (χ1n) is 6.98. The summed E-state index contributed by atoms with van der Waals surface area (Å²) in [5.41, 5.74) is 0.876. The summed E-state index contributed by atoms with van der Waals surface area (Å²) in [6.45, 7) is 0.559. The molecular weight excluding hydrogens is 357 g/mol. The van der Waals surface area contributed by atoms with Crippen molar-refractivity contribution >= 4 is 46.4 Å². The van der Waals surface area contributed by atoms with Crippen LogP contribution in [0.15, 0.2) is 36.4 Å². The Hall–Kier alpha value is -1.56. The Morgan fingerprint density at radius 3 is 2.35 bits per heavy atom. The fourth-order valence-corrected chi connectivity index (χ4v) is 3.99. The Bertz CT molecular complexity index is 744. The van der Waals surface area contributed by atoms with E-state index in [2.05, 4.69) is 0 Å². The van der Waals surface area contributed by atoms with Crippen LogP contribution in [0.4, 0.5) is 0 Å². The highest BCUT2D eigenvalue weighted by molar-refractivity contribution is 7.17. The fourth-order valence-electron chi connectivity index (χ4n) is 2.85. The van der Waals surface area contributed by atoms with Crippen molar-refractivity contribution in [2.45, 2.75) is 5.92 Å². The van der Waals surface area contributed by atoms with E-state index in [1.807, 2.05) is 12.1 Å². The lowest BCUT2D eigenvalue weighted by Gasteiger charge is -2.15. The second-order valence-corrected chi connectivity index (χ2v) is 7.57. The second kappa shape index (κ2) is 6.51. The van der Waals surface area contributed by atoms with Crippen molar-refractivity contribution in [2.75, 3.05) is 13.1 Å². The molecule has 0 unspecified atom stereocenters. The lowest BCUT2D eigenvalue weighted by Crippen LogP contribution is -2.29. The van der Waals surface area contributed by atoms with Gasteiger partial charge < -0.3 is 10.0 Å². The van der Waals surface area contributed by atoms with Crippen molar-refractivity contribution in [3.05, 3.63) is 56.2 Å². The molecule has 0 aliphatic carbocycles. The predicted octanol–water partition coefficient (Wildman–Crippen LogP) is 4.00. The summed E-state index contributed by atoms with van der Waals surface area (Å²) in [4.78, 5) is 26.2. The fraction of sp³-hybridized carbons (Fsp3) is 0.250. The smallest absolute Gasteiger partial charge is 0.308 e. The average molecular weight is 370 g/mol. The van der Waals surface area contributed by atoms with Gasteiger partial charge in [0, 0.05) is 24.0 Å². The minimum atomic E-state index is -0.899. The van der Waals surface area contributed by atoms with Crippen LogP contribution in [-0.2, 0) is 4.79 Å². The van der Waals surface area contributed by atoms with Gasteiger partial charge in [0.15, 0.2) is 0 Å². The molecule has 120 valence electrons. The number of hydrogen-bond acceptors (Lipinski definition) is 3. The molecule has 0 spiro atoms. The minimum Gasteiger partial charge on any atom is -0.481 e. The summed E-state index contributed by atoms with van der Waals surface area (Å²) >= 11 is 13.0. The van der Waals surface area contributed by atoms with Crippen LogP contribution >= 0.6 is 34.5 Å². The molecule has 3 rings (SSSR count). The monoisotopic (exact) mass is 369 g/mol. The van der Waals surface area contributed by atoms with Crippen LogP contribution in [-0.4, -0.2) is 35.0 Å². The number of thiophene rings is 1. The highest BCUT2D eigenvalue weighted by Gasteiger charge is 2.40. The number of carbonyl (C=O) groups is 2. The molecule has 4 nitrogen and oxygen atoms in total. The number of benzene rings is 1.